The monoisotopic (exact) mass is 473 g/mol. The van der Waals surface area contributed by atoms with E-state index in [1.807, 2.05) is 26.0 Å². The van der Waals surface area contributed by atoms with E-state index in [0.717, 1.165) is 24.8 Å². The van der Waals surface area contributed by atoms with Crippen LogP contribution in [0.3, 0.4) is 0 Å². The van der Waals surface area contributed by atoms with E-state index < -0.39 is 10.0 Å². The van der Waals surface area contributed by atoms with Crippen molar-refractivity contribution >= 4 is 27.5 Å². The number of nitrogens with zero attached hydrogens (tertiary/aromatic N) is 3. The minimum Gasteiger partial charge on any atom is -0.334 e. The lowest BCUT2D eigenvalue weighted by Crippen LogP contribution is -2.39. The van der Waals surface area contributed by atoms with E-state index in [-0.39, 0.29) is 21.7 Å². The highest BCUT2D eigenvalue weighted by molar-refractivity contribution is 7.89. The molecule has 2 aromatic carbocycles. The Bertz CT molecular complexity index is 1110. The van der Waals surface area contributed by atoms with E-state index in [0.29, 0.717) is 37.3 Å². The van der Waals surface area contributed by atoms with E-state index in [4.69, 9.17) is 16.9 Å². The lowest BCUT2D eigenvalue weighted by atomic mass is 10.0. The molecule has 1 unspecified atom stereocenters. The number of benzene rings is 2. The highest BCUT2D eigenvalue weighted by Crippen LogP contribution is 2.29. The Kier molecular flexibility index (Phi) is 7.94. The summed E-state index contributed by atoms with van der Waals surface area (Å²) in [7, 11) is -3.79. The van der Waals surface area contributed by atoms with Crippen LogP contribution < -0.4 is 0 Å². The van der Waals surface area contributed by atoms with Crippen LogP contribution in [0.2, 0.25) is 5.02 Å². The molecule has 0 radical (unpaired) electrons. The van der Waals surface area contributed by atoms with Crippen LogP contribution >= 0.6 is 11.6 Å². The van der Waals surface area contributed by atoms with Gasteiger partial charge >= 0.3 is 0 Å². The van der Waals surface area contributed by atoms with Gasteiger partial charge in [-0.3, -0.25) is 4.79 Å². The van der Waals surface area contributed by atoms with Crippen molar-refractivity contribution in [1.29, 1.82) is 5.26 Å². The maximum atomic E-state index is 13.3. The molecule has 2 aromatic rings. The molecule has 0 bridgehead atoms. The van der Waals surface area contributed by atoms with E-state index >= 15 is 0 Å². The Hall–Kier alpha value is -2.40. The van der Waals surface area contributed by atoms with Gasteiger partial charge in [-0.1, -0.05) is 37.6 Å². The predicted molar refractivity (Wildman–Crippen MR) is 125 cm³/mol. The van der Waals surface area contributed by atoms with Gasteiger partial charge in [-0.05, 0) is 61.1 Å². The summed E-state index contributed by atoms with van der Waals surface area (Å²) in [4.78, 5) is 15.0. The van der Waals surface area contributed by atoms with Crippen molar-refractivity contribution in [3.63, 3.8) is 0 Å². The second-order valence-corrected chi connectivity index (χ2v) is 10.6. The topological polar surface area (TPSA) is 81.5 Å². The van der Waals surface area contributed by atoms with Gasteiger partial charge in [0.1, 0.15) is 4.90 Å². The zero-order valence-corrected chi connectivity index (χ0v) is 20.0. The molecule has 0 N–H and O–H groups in total. The molecule has 1 aliphatic rings. The Labute approximate surface area is 195 Å². The lowest BCUT2D eigenvalue weighted by molar-refractivity contribution is 0.0743. The van der Waals surface area contributed by atoms with Gasteiger partial charge in [-0.25, -0.2) is 8.42 Å². The number of rotatable bonds is 7. The molecule has 1 atom stereocenters. The van der Waals surface area contributed by atoms with Crippen LogP contribution in [0.1, 0.15) is 54.6 Å². The largest absolute Gasteiger partial charge is 0.334 e. The van der Waals surface area contributed by atoms with Crippen LogP contribution in [0.25, 0.3) is 0 Å². The Morgan fingerprint density at radius 2 is 1.97 bits per heavy atom. The number of amides is 1. The van der Waals surface area contributed by atoms with E-state index in [1.54, 1.807) is 23.1 Å². The molecule has 1 amide bonds. The molecular formula is C24H28ClN3O3S. The molecule has 0 spiro atoms. The summed E-state index contributed by atoms with van der Waals surface area (Å²) in [5.74, 6) is 0.0333. The van der Waals surface area contributed by atoms with Gasteiger partial charge in [0.2, 0.25) is 10.0 Å². The zero-order chi connectivity index (χ0) is 23.3. The molecule has 1 fully saturated rings. The van der Waals surface area contributed by atoms with Crippen LogP contribution in [-0.2, 0) is 16.6 Å². The number of carbonyl (C=O) groups excluding carboxylic acids is 1. The summed E-state index contributed by atoms with van der Waals surface area (Å²) in [5, 5.41) is 9.10. The SMILES string of the molecule is CCCN(Cc1ccc(C#N)cc1)C(=O)c1ccc(Cl)c(S(=O)(=O)N2CCCC(C)C2)c1. The first kappa shape index (κ1) is 24.2. The van der Waals surface area contributed by atoms with Crippen molar-refractivity contribution in [2.45, 2.75) is 44.6 Å². The number of piperidine rings is 1. The van der Waals surface area contributed by atoms with Crippen molar-refractivity contribution in [1.82, 2.24) is 9.21 Å². The molecule has 6 nitrogen and oxygen atoms in total. The van der Waals surface area contributed by atoms with Crippen LogP contribution in [-0.4, -0.2) is 43.2 Å². The summed E-state index contributed by atoms with van der Waals surface area (Å²) in [5.41, 5.74) is 1.75. The van der Waals surface area contributed by atoms with Crippen molar-refractivity contribution in [3.8, 4) is 6.07 Å². The van der Waals surface area contributed by atoms with E-state index in [1.165, 1.54) is 16.4 Å². The average molecular weight is 474 g/mol. The van der Waals surface area contributed by atoms with Gasteiger partial charge in [-0.15, -0.1) is 0 Å². The van der Waals surface area contributed by atoms with Crippen LogP contribution in [0.4, 0.5) is 0 Å². The van der Waals surface area contributed by atoms with Crippen molar-refractivity contribution in [3.05, 3.63) is 64.2 Å². The first-order valence-electron chi connectivity index (χ1n) is 10.8. The molecule has 1 heterocycles. The number of hydrogen-bond donors (Lipinski definition) is 0. The molecule has 1 saturated heterocycles. The minimum atomic E-state index is -3.79. The first-order valence-corrected chi connectivity index (χ1v) is 12.7. The summed E-state index contributed by atoms with van der Waals surface area (Å²) in [6.45, 7) is 5.82. The van der Waals surface area contributed by atoms with Crippen LogP contribution in [0, 0.1) is 17.2 Å². The van der Waals surface area contributed by atoms with Gasteiger partial charge in [0.05, 0.1) is 16.7 Å². The second-order valence-electron chi connectivity index (χ2n) is 8.29. The highest BCUT2D eigenvalue weighted by Gasteiger charge is 2.31. The lowest BCUT2D eigenvalue weighted by Gasteiger charge is -2.30. The third-order valence-corrected chi connectivity index (χ3v) is 8.00. The van der Waals surface area contributed by atoms with Gasteiger partial charge in [0, 0.05) is 31.7 Å². The fourth-order valence-electron chi connectivity index (χ4n) is 3.95. The van der Waals surface area contributed by atoms with Crippen LogP contribution in [0.15, 0.2) is 47.4 Å². The van der Waals surface area contributed by atoms with Gasteiger partial charge in [-0.2, -0.15) is 9.57 Å². The normalized spacial score (nSPS) is 17.0. The van der Waals surface area contributed by atoms with E-state index in [2.05, 4.69) is 6.07 Å². The standard InChI is InChI=1S/C24H28ClN3O3S/c1-3-12-27(17-20-8-6-19(15-26)7-9-20)24(29)21-10-11-22(25)23(14-21)32(30,31)28-13-4-5-18(2)16-28/h6-11,14,18H,3-5,12-13,16-17H2,1-2H3. The van der Waals surface area contributed by atoms with Gasteiger partial charge in [0.25, 0.3) is 5.91 Å². The molecule has 8 heteroatoms. The Balaban J connectivity index is 1.88. The fourth-order valence-corrected chi connectivity index (χ4v) is 6.05. The molecule has 0 saturated carbocycles. The third-order valence-electron chi connectivity index (χ3n) is 5.65. The zero-order valence-electron chi connectivity index (χ0n) is 18.4. The molecular weight excluding hydrogens is 446 g/mol. The average Bonchev–Trinajstić information content (AvgIpc) is 2.79. The minimum absolute atomic E-state index is 0.0195. The highest BCUT2D eigenvalue weighted by atomic mass is 35.5. The number of carbonyl (C=O) groups is 1. The summed E-state index contributed by atoms with van der Waals surface area (Å²) in [6, 6.07) is 13.6. The maximum absolute atomic E-state index is 13.3. The Morgan fingerprint density at radius 3 is 2.59 bits per heavy atom. The predicted octanol–water partition coefficient (Wildman–Crippen LogP) is 4.68. The van der Waals surface area contributed by atoms with Crippen LogP contribution in [0.5, 0.6) is 0 Å². The second kappa shape index (κ2) is 10.5. The molecule has 170 valence electrons. The van der Waals surface area contributed by atoms with Gasteiger partial charge in [0.15, 0.2) is 0 Å². The molecule has 0 aliphatic carbocycles. The molecule has 32 heavy (non-hydrogen) atoms. The molecule has 0 aromatic heterocycles. The Morgan fingerprint density at radius 1 is 1.25 bits per heavy atom. The summed E-state index contributed by atoms with van der Waals surface area (Å²) >= 11 is 6.28. The fraction of sp³-hybridized carbons (Fsp3) is 0.417. The maximum Gasteiger partial charge on any atom is 0.254 e. The quantitative estimate of drug-likeness (QED) is 0.584. The number of sulfonamides is 1. The molecule has 3 rings (SSSR count). The van der Waals surface area contributed by atoms with Crippen molar-refractivity contribution in [2.75, 3.05) is 19.6 Å². The number of hydrogen-bond acceptors (Lipinski definition) is 4. The third kappa shape index (κ3) is 5.50. The summed E-state index contributed by atoms with van der Waals surface area (Å²) in [6.07, 6.45) is 2.57. The van der Waals surface area contributed by atoms with Crippen molar-refractivity contribution in [2.24, 2.45) is 5.92 Å². The van der Waals surface area contributed by atoms with Crippen molar-refractivity contribution < 1.29 is 13.2 Å². The smallest absolute Gasteiger partial charge is 0.254 e. The first-order chi connectivity index (χ1) is 15.3. The molecule has 1 aliphatic heterocycles. The summed E-state index contributed by atoms with van der Waals surface area (Å²) < 4.78 is 28.0. The number of halogens is 1. The van der Waals surface area contributed by atoms with E-state index in [9.17, 15) is 13.2 Å². The van der Waals surface area contributed by atoms with Gasteiger partial charge < -0.3 is 4.90 Å². The number of nitriles is 1.